The van der Waals surface area contributed by atoms with E-state index < -0.39 is 28.5 Å². The summed E-state index contributed by atoms with van der Waals surface area (Å²) in [6.45, 7) is 5.49. The van der Waals surface area contributed by atoms with E-state index in [0.717, 1.165) is 26.6 Å². The van der Waals surface area contributed by atoms with E-state index in [-0.39, 0.29) is 39.5 Å². The highest BCUT2D eigenvalue weighted by Crippen LogP contribution is 2.31. The standard InChI is InChI=1S/C34H35Cl2N3O4S/c1-4-37-34(41)32(20-26-10-6-5-7-11-26)38(22-27-12-8-9-25(3)19-27)33(40)23-39(28-15-18-30(35)31(36)21-28)44(42,43)29-16-13-24(2)14-17-29/h5-19,21,32H,4,20,22-23H2,1-3H3,(H,37,41)/t32-/m0/s1. The highest BCUT2D eigenvalue weighted by molar-refractivity contribution is 7.92. The molecule has 0 bridgehead atoms. The maximum absolute atomic E-state index is 14.4. The first-order valence-corrected chi connectivity index (χ1v) is 16.4. The van der Waals surface area contributed by atoms with Gasteiger partial charge in [0.2, 0.25) is 11.8 Å². The van der Waals surface area contributed by atoms with Gasteiger partial charge in [-0.25, -0.2) is 8.42 Å². The van der Waals surface area contributed by atoms with Crippen LogP contribution in [0.5, 0.6) is 0 Å². The topological polar surface area (TPSA) is 86.8 Å². The van der Waals surface area contributed by atoms with Crippen molar-refractivity contribution in [2.24, 2.45) is 0 Å². The molecule has 0 heterocycles. The van der Waals surface area contributed by atoms with Gasteiger partial charge in [0.25, 0.3) is 10.0 Å². The number of rotatable bonds is 12. The Labute approximate surface area is 269 Å². The molecule has 0 saturated heterocycles. The minimum absolute atomic E-state index is 0.0109. The largest absolute Gasteiger partial charge is 0.355 e. The molecule has 7 nitrogen and oxygen atoms in total. The Morgan fingerprint density at radius 1 is 0.795 bits per heavy atom. The van der Waals surface area contributed by atoms with Gasteiger partial charge in [-0.15, -0.1) is 0 Å². The summed E-state index contributed by atoms with van der Waals surface area (Å²) in [5.41, 5.74) is 3.71. The van der Waals surface area contributed by atoms with Gasteiger partial charge in [-0.1, -0.05) is 101 Å². The smallest absolute Gasteiger partial charge is 0.264 e. The number of sulfonamides is 1. The average Bonchev–Trinajstić information content (AvgIpc) is 3.00. The van der Waals surface area contributed by atoms with E-state index in [9.17, 15) is 18.0 Å². The van der Waals surface area contributed by atoms with Gasteiger partial charge in [-0.2, -0.15) is 0 Å². The van der Waals surface area contributed by atoms with Gasteiger partial charge < -0.3 is 10.2 Å². The van der Waals surface area contributed by atoms with Crippen molar-refractivity contribution in [1.29, 1.82) is 0 Å². The monoisotopic (exact) mass is 651 g/mol. The van der Waals surface area contributed by atoms with Crippen LogP contribution in [0.25, 0.3) is 0 Å². The Balaban J connectivity index is 1.81. The second-order valence-electron chi connectivity index (χ2n) is 10.5. The quantitative estimate of drug-likeness (QED) is 0.187. The van der Waals surface area contributed by atoms with Crippen molar-refractivity contribution >= 4 is 50.7 Å². The lowest BCUT2D eigenvalue weighted by atomic mass is 10.0. The molecule has 0 unspecified atom stereocenters. The van der Waals surface area contributed by atoms with E-state index in [4.69, 9.17) is 23.2 Å². The summed E-state index contributed by atoms with van der Waals surface area (Å²) in [4.78, 5) is 29.5. The first-order chi connectivity index (χ1) is 21.0. The predicted molar refractivity (Wildman–Crippen MR) is 177 cm³/mol. The fourth-order valence-electron chi connectivity index (χ4n) is 4.86. The number of halogens is 2. The molecule has 4 aromatic carbocycles. The summed E-state index contributed by atoms with van der Waals surface area (Å²) >= 11 is 12.5. The molecule has 0 spiro atoms. The third kappa shape index (κ3) is 8.20. The van der Waals surface area contributed by atoms with Crippen LogP contribution in [0.3, 0.4) is 0 Å². The average molecular weight is 653 g/mol. The summed E-state index contributed by atoms with van der Waals surface area (Å²) in [6, 6.07) is 26.9. The van der Waals surface area contributed by atoms with Crippen LogP contribution in [-0.2, 0) is 32.6 Å². The zero-order chi connectivity index (χ0) is 31.9. The molecule has 0 aliphatic heterocycles. The highest BCUT2D eigenvalue weighted by atomic mass is 35.5. The lowest BCUT2D eigenvalue weighted by Gasteiger charge is -2.34. The van der Waals surface area contributed by atoms with Gasteiger partial charge in [0.1, 0.15) is 12.6 Å². The van der Waals surface area contributed by atoms with Gasteiger partial charge >= 0.3 is 0 Å². The number of hydrogen-bond donors (Lipinski definition) is 1. The molecule has 44 heavy (non-hydrogen) atoms. The van der Waals surface area contributed by atoms with Crippen LogP contribution in [0.4, 0.5) is 5.69 Å². The van der Waals surface area contributed by atoms with Crippen molar-refractivity contribution in [3.8, 4) is 0 Å². The van der Waals surface area contributed by atoms with Crippen LogP contribution < -0.4 is 9.62 Å². The van der Waals surface area contributed by atoms with Crippen LogP contribution in [0.15, 0.2) is 102 Å². The Bertz CT molecular complexity index is 1710. The molecule has 2 amide bonds. The molecule has 0 radical (unpaired) electrons. The zero-order valence-corrected chi connectivity index (χ0v) is 27.2. The van der Waals surface area contributed by atoms with Gasteiger partial charge in [0.05, 0.1) is 20.6 Å². The predicted octanol–water partition coefficient (Wildman–Crippen LogP) is 6.58. The van der Waals surface area contributed by atoms with Crippen LogP contribution in [0, 0.1) is 13.8 Å². The molecular weight excluding hydrogens is 617 g/mol. The molecule has 4 aromatic rings. The third-order valence-corrected chi connectivity index (χ3v) is 9.66. The van der Waals surface area contributed by atoms with Crippen molar-refractivity contribution in [1.82, 2.24) is 10.2 Å². The van der Waals surface area contributed by atoms with Crippen LogP contribution in [-0.4, -0.2) is 44.3 Å². The zero-order valence-electron chi connectivity index (χ0n) is 24.8. The molecule has 0 saturated carbocycles. The molecule has 1 N–H and O–H groups in total. The number of likely N-dealkylation sites (N-methyl/N-ethyl adjacent to an activating group) is 1. The molecular formula is C34H35Cl2N3O4S. The number of hydrogen-bond acceptors (Lipinski definition) is 4. The summed E-state index contributed by atoms with van der Waals surface area (Å²) in [6.07, 6.45) is 0.238. The molecule has 0 aliphatic carbocycles. The van der Waals surface area contributed by atoms with Crippen molar-refractivity contribution in [2.75, 3.05) is 17.4 Å². The third-order valence-electron chi connectivity index (χ3n) is 7.14. The lowest BCUT2D eigenvalue weighted by molar-refractivity contribution is -0.140. The maximum Gasteiger partial charge on any atom is 0.264 e. The first kappa shape index (κ1) is 33.1. The van der Waals surface area contributed by atoms with Crippen molar-refractivity contribution in [3.63, 3.8) is 0 Å². The van der Waals surface area contributed by atoms with Crippen LogP contribution in [0.2, 0.25) is 10.0 Å². The maximum atomic E-state index is 14.4. The van der Waals surface area contributed by atoms with Gasteiger partial charge in [0.15, 0.2) is 0 Å². The Morgan fingerprint density at radius 3 is 2.11 bits per heavy atom. The first-order valence-electron chi connectivity index (χ1n) is 14.2. The fourth-order valence-corrected chi connectivity index (χ4v) is 6.56. The van der Waals surface area contributed by atoms with E-state index in [0.29, 0.717) is 6.54 Å². The number of anilines is 1. The molecule has 1 atom stereocenters. The van der Waals surface area contributed by atoms with Crippen molar-refractivity contribution < 1.29 is 18.0 Å². The van der Waals surface area contributed by atoms with Gasteiger partial charge in [0, 0.05) is 19.5 Å². The number of carbonyl (C=O) groups is 2. The number of benzene rings is 4. The molecule has 4 rings (SSSR count). The highest BCUT2D eigenvalue weighted by Gasteiger charge is 2.34. The second kappa shape index (κ2) is 14.8. The number of nitrogens with zero attached hydrogens (tertiary/aromatic N) is 2. The van der Waals surface area contributed by atoms with E-state index in [1.165, 1.54) is 35.2 Å². The van der Waals surface area contributed by atoms with Gasteiger partial charge in [-0.3, -0.25) is 13.9 Å². The van der Waals surface area contributed by atoms with Crippen molar-refractivity contribution in [3.05, 3.63) is 129 Å². The Morgan fingerprint density at radius 2 is 1.48 bits per heavy atom. The summed E-state index contributed by atoms with van der Waals surface area (Å²) in [5.74, 6) is -0.889. The summed E-state index contributed by atoms with van der Waals surface area (Å²) in [5, 5.41) is 3.25. The Hall–Kier alpha value is -3.85. The summed E-state index contributed by atoms with van der Waals surface area (Å²) < 4.78 is 29.2. The van der Waals surface area contributed by atoms with E-state index in [2.05, 4.69) is 5.32 Å². The van der Waals surface area contributed by atoms with Gasteiger partial charge in [-0.05, 0) is 62.2 Å². The molecule has 0 aromatic heterocycles. The second-order valence-corrected chi connectivity index (χ2v) is 13.2. The minimum Gasteiger partial charge on any atom is -0.355 e. The molecule has 0 aliphatic rings. The fraction of sp³-hybridized carbons (Fsp3) is 0.235. The Kier molecular flexibility index (Phi) is 11.1. The molecule has 10 heteroatoms. The normalized spacial score (nSPS) is 11.9. The molecule has 0 fully saturated rings. The molecule has 230 valence electrons. The SMILES string of the molecule is CCNC(=O)[C@H](Cc1ccccc1)N(Cc1cccc(C)c1)C(=O)CN(c1ccc(Cl)c(Cl)c1)S(=O)(=O)c1ccc(C)cc1. The van der Waals surface area contributed by atoms with Crippen LogP contribution in [0.1, 0.15) is 29.2 Å². The van der Waals surface area contributed by atoms with E-state index in [1.54, 1.807) is 12.1 Å². The minimum atomic E-state index is -4.24. The van der Waals surface area contributed by atoms with E-state index in [1.807, 2.05) is 75.4 Å². The van der Waals surface area contributed by atoms with Crippen molar-refractivity contribution in [2.45, 2.75) is 44.7 Å². The number of carbonyl (C=O) groups excluding carboxylic acids is 2. The number of aryl methyl sites for hydroxylation is 2. The summed E-state index contributed by atoms with van der Waals surface area (Å²) in [7, 11) is -4.24. The number of nitrogens with one attached hydrogen (secondary N) is 1. The lowest BCUT2D eigenvalue weighted by Crippen LogP contribution is -2.53. The van der Waals surface area contributed by atoms with Crippen LogP contribution >= 0.6 is 23.2 Å². The number of amides is 2. The van der Waals surface area contributed by atoms with E-state index >= 15 is 0 Å².